The van der Waals surface area contributed by atoms with Gasteiger partial charge in [-0.1, -0.05) is 24.3 Å². The molecule has 0 aliphatic rings. The van der Waals surface area contributed by atoms with Crippen LogP contribution in [0.1, 0.15) is 16.7 Å². The van der Waals surface area contributed by atoms with Crippen LogP contribution in [0.2, 0.25) is 0 Å². The Morgan fingerprint density at radius 1 is 0.741 bits per heavy atom. The summed E-state index contributed by atoms with van der Waals surface area (Å²) < 4.78 is 76.8. The molecular formula is C19H12F6N2. The number of nitrogens with zero attached hydrogens (tertiary/aromatic N) is 2. The van der Waals surface area contributed by atoms with E-state index >= 15 is 0 Å². The molecule has 8 heteroatoms. The van der Waals surface area contributed by atoms with E-state index in [1.54, 1.807) is 6.92 Å². The van der Waals surface area contributed by atoms with Gasteiger partial charge in [-0.15, -0.1) is 0 Å². The van der Waals surface area contributed by atoms with Crippen molar-refractivity contribution in [3.8, 4) is 22.6 Å². The van der Waals surface area contributed by atoms with E-state index in [0.717, 1.165) is 24.3 Å². The zero-order chi connectivity index (χ0) is 19.8. The average Bonchev–Trinajstić information content (AvgIpc) is 2.61. The lowest BCUT2D eigenvalue weighted by molar-refractivity contribution is -0.138. The van der Waals surface area contributed by atoms with Gasteiger partial charge in [0.15, 0.2) is 5.82 Å². The molecule has 0 saturated heterocycles. The Labute approximate surface area is 150 Å². The van der Waals surface area contributed by atoms with Crippen molar-refractivity contribution in [3.63, 3.8) is 0 Å². The lowest BCUT2D eigenvalue weighted by Crippen LogP contribution is -2.05. The van der Waals surface area contributed by atoms with Gasteiger partial charge in [0.2, 0.25) is 0 Å². The molecule has 27 heavy (non-hydrogen) atoms. The standard InChI is InChI=1S/C19H12F6N2/c1-11-10-26-17(12-5-7-14(8-6-12)18(20,21)22)27-16(11)13-3-2-4-15(9-13)19(23,24)25/h2-10H,1H3. The molecule has 0 N–H and O–H groups in total. The molecule has 2 aromatic carbocycles. The number of aromatic nitrogens is 2. The smallest absolute Gasteiger partial charge is 0.236 e. The van der Waals surface area contributed by atoms with Crippen LogP contribution in [0.15, 0.2) is 54.7 Å². The lowest BCUT2D eigenvalue weighted by Gasteiger charge is -2.11. The monoisotopic (exact) mass is 382 g/mol. The maximum Gasteiger partial charge on any atom is 0.416 e. The van der Waals surface area contributed by atoms with Crippen molar-refractivity contribution < 1.29 is 26.3 Å². The third kappa shape index (κ3) is 4.10. The Hall–Kier alpha value is -2.90. The number of hydrogen-bond acceptors (Lipinski definition) is 2. The first-order chi connectivity index (χ1) is 12.6. The average molecular weight is 382 g/mol. The van der Waals surface area contributed by atoms with Crippen LogP contribution in [-0.4, -0.2) is 9.97 Å². The molecule has 0 unspecified atom stereocenters. The second-order valence-corrected chi connectivity index (χ2v) is 5.88. The van der Waals surface area contributed by atoms with E-state index in [0.29, 0.717) is 11.1 Å². The maximum atomic E-state index is 12.9. The van der Waals surface area contributed by atoms with E-state index in [2.05, 4.69) is 9.97 Å². The van der Waals surface area contributed by atoms with Crippen molar-refractivity contribution in [1.82, 2.24) is 9.97 Å². The highest BCUT2D eigenvalue weighted by atomic mass is 19.4. The molecule has 0 radical (unpaired) electrons. The highest BCUT2D eigenvalue weighted by molar-refractivity contribution is 5.67. The summed E-state index contributed by atoms with van der Waals surface area (Å²) in [7, 11) is 0. The molecule has 0 aliphatic heterocycles. The third-order valence-electron chi connectivity index (χ3n) is 3.91. The maximum absolute atomic E-state index is 12.9. The SMILES string of the molecule is Cc1cnc(-c2ccc(C(F)(F)F)cc2)nc1-c1cccc(C(F)(F)F)c1. The molecule has 1 heterocycles. The van der Waals surface area contributed by atoms with Crippen LogP contribution in [0.4, 0.5) is 26.3 Å². The molecule has 0 bridgehead atoms. The number of alkyl halides is 6. The Balaban J connectivity index is 2.03. The molecule has 2 nitrogen and oxygen atoms in total. The summed E-state index contributed by atoms with van der Waals surface area (Å²) in [5, 5.41) is 0. The van der Waals surface area contributed by atoms with Crippen LogP contribution in [0, 0.1) is 6.92 Å². The first-order valence-corrected chi connectivity index (χ1v) is 7.74. The Morgan fingerprint density at radius 3 is 1.96 bits per heavy atom. The predicted molar refractivity (Wildman–Crippen MR) is 87.6 cm³/mol. The van der Waals surface area contributed by atoms with Crippen molar-refractivity contribution in [1.29, 1.82) is 0 Å². The van der Waals surface area contributed by atoms with Gasteiger partial charge in [-0.3, -0.25) is 0 Å². The number of benzene rings is 2. The largest absolute Gasteiger partial charge is 0.416 e. The quantitative estimate of drug-likeness (QED) is 0.497. The van der Waals surface area contributed by atoms with E-state index in [4.69, 9.17) is 0 Å². The minimum Gasteiger partial charge on any atom is -0.236 e. The zero-order valence-corrected chi connectivity index (χ0v) is 13.9. The van der Waals surface area contributed by atoms with Gasteiger partial charge in [-0.2, -0.15) is 26.3 Å². The number of halogens is 6. The topological polar surface area (TPSA) is 25.8 Å². The molecule has 0 fully saturated rings. The van der Waals surface area contributed by atoms with Crippen molar-refractivity contribution in [3.05, 3.63) is 71.4 Å². The van der Waals surface area contributed by atoms with Crippen LogP contribution in [0.5, 0.6) is 0 Å². The van der Waals surface area contributed by atoms with Gasteiger partial charge in [-0.25, -0.2) is 9.97 Å². The van der Waals surface area contributed by atoms with Gasteiger partial charge < -0.3 is 0 Å². The zero-order valence-electron chi connectivity index (χ0n) is 13.9. The summed E-state index contributed by atoms with van der Waals surface area (Å²) in [5.74, 6) is 0.127. The molecule has 3 aromatic rings. The highest BCUT2D eigenvalue weighted by Gasteiger charge is 2.31. The predicted octanol–water partition coefficient (Wildman–Crippen LogP) is 6.16. The second-order valence-electron chi connectivity index (χ2n) is 5.88. The van der Waals surface area contributed by atoms with Crippen LogP contribution in [0.25, 0.3) is 22.6 Å². The third-order valence-corrected chi connectivity index (χ3v) is 3.91. The first kappa shape index (κ1) is 18.9. The Morgan fingerprint density at radius 2 is 1.37 bits per heavy atom. The normalized spacial score (nSPS) is 12.3. The lowest BCUT2D eigenvalue weighted by atomic mass is 10.0. The minimum absolute atomic E-state index is 0.127. The van der Waals surface area contributed by atoms with Crippen LogP contribution < -0.4 is 0 Å². The van der Waals surface area contributed by atoms with E-state index in [9.17, 15) is 26.3 Å². The van der Waals surface area contributed by atoms with Crippen molar-refractivity contribution in [2.45, 2.75) is 19.3 Å². The number of rotatable bonds is 2. The van der Waals surface area contributed by atoms with Crippen LogP contribution in [-0.2, 0) is 12.4 Å². The Bertz CT molecular complexity index is 959. The molecule has 0 aliphatic carbocycles. The van der Waals surface area contributed by atoms with Crippen molar-refractivity contribution >= 4 is 0 Å². The fourth-order valence-corrected chi connectivity index (χ4v) is 2.52. The number of hydrogen-bond donors (Lipinski definition) is 0. The number of aryl methyl sites for hydroxylation is 1. The van der Waals surface area contributed by atoms with E-state index < -0.39 is 23.5 Å². The summed E-state index contributed by atoms with van der Waals surface area (Å²) in [6.07, 6.45) is -7.53. The van der Waals surface area contributed by atoms with Gasteiger partial charge in [0.25, 0.3) is 0 Å². The minimum atomic E-state index is -4.49. The molecule has 0 spiro atoms. The molecule has 140 valence electrons. The highest BCUT2D eigenvalue weighted by Crippen LogP contribution is 2.33. The van der Waals surface area contributed by atoms with E-state index in [1.807, 2.05) is 0 Å². The first-order valence-electron chi connectivity index (χ1n) is 7.74. The van der Waals surface area contributed by atoms with Crippen LogP contribution in [0.3, 0.4) is 0 Å². The molecule has 0 amide bonds. The van der Waals surface area contributed by atoms with Crippen molar-refractivity contribution in [2.75, 3.05) is 0 Å². The summed E-state index contributed by atoms with van der Waals surface area (Å²) in [6, 6.07) is 8.96. The van der Waals surface area contributed by atoms with Gasteiger partial charge in [0.1, 0.15) is 0 Å². The summed E-state index contributed by atoms with van der Waals surface area (Å²) in [4.78, 5) is 8.35. The summed E-state index contributed by atoms with van der Waals surface area (Å²) in [6.45, 7) is 1.64. The van der Waals surface area contributed by atoms with E-state index in [1.165, 1.54) is 30.5 Å². The molecule has 1 aromatic heterocycles. The van der Waals surface area contributed by atoms with Gasteiger partial charge in [-0.05, 0) is 36.8 Å². The fourth-order valence-electron chi connectivity index (χ4n) is 2.52. The molecule has 0 atom stereocenters. The molecular weight excluding hydrogens is 370 g/mol. The van der Waals surface area contributed by atoms with Gasteiger partial charge in [0, 0.05) is 17.3 Å². The van der Waals surface area contributed by atoms with Gasteiger partial charge in [0.05, 0.1) is 16.8 Å². The summed E-state index contributed by atoms with van der Waals surface area (Å²) in [5.41, 5.74) is -0.212. The molecule has 0 saturated carbocycles. The van der Waals surface area contributed by atoms with Crippen LogP contribution >= 0.6 is 0 Å². The molecule has 3 rings (SSSR count). The van der Waals surface area contributed by atoms with E-state index in [-0.39, 0.29) is 17.1 Å². The van der Waals surface area contributed by atoms with Crippen molar-refractivity contribution in [2.24, 2.45) is 0 Å². The fraction of sp³-hybridized carbons (Fsp3) is 0.158. The second kappa shape index (κ2) is 6.68. The summed E-state index contributed by atoms with van der Waals surface area (Å²) >= 11 is 0. The Kier molecular flexibility index (Phi) is 4.67. The van der Waals surface area contributed by atoms with Gasteiger partial charge >= 0.3 is 12.4 Å².